The van der Waals surface area contributed by atoms with Crippen LogP contribution in [0.1, 0.15) is 19.8 Å². The topological polar surface area (TPSA) is 40.5 Å². The predicted octanol–water partition coefficient (Wildman–Crippen LogP) is 0.694. The van der Waals surface area contributed by atoms with Gasteiger partial charge in [-0.2, -0.15) is 0 Å². The Hall–Kier alpha value is -0.340. The fourth-order valence-electron chi connectivity index (χ4n) is 2.30. The van der Waals surface area contributed by atoms with E-state index in [0.29, 0.717) is 5.92 Å². The van der Waals surface area contributed by atoms with Crippen LogP contribution in [-0.2, 0) is 0 Å². The maximum absolute atomic E-state index is 9.78. The summed E-state index contributed by atoms with van der Waals surface area (Å²) < 4.78 is 0. The molecule has 0 aromatic carbocycles. The Morgan fingerprint density at radius 3 is 2.82 bits per heavy atom. The van der Waals surface area contributed by atoms with Gasteiger partial charge in [-0.1, -0.05) is 12.2 Å². The summed E-state index contributed by atoms with van der Waals surface area (Å²) in [5, 5.41) is 19.4. The number of aliphatic hydroxyl groups is 2. The molecular weight excluding hydrogens is 140 g/mol. The van der Waals surface area contributed by atoms with Crippen molar-refractivity contribution in [1.29, 1.82) is 0 Å². The fourth-order valence-corrected chi connectivity index (χ4v) is 2.30. The molecule has 62 valence electrons. The minimum atomic E-state index is -0.771. The standard InChI is InChI=1S/C9H14O2/c1-9(11)5-4-6-2-3-7(9)8(6)10/h4-8,10-11H,2-3H2,1H3/t6-,7+,8+,9+/m0/s1. The van der Waals surface area contributed by atoms with Gasteiger partial charge in [0.25, 0.3) is 0 Å². The Labute approximate surface area is 66.5 Å². The van der Waals surface area contributed by atoms with E-state index in [1.807, 2.05) is 12.2 Å². The zero-order valence-electron chi connectivity index (χ0n) is 6.70. The lowest BCUT2D eigenvalue weighted by Crippen LogP contribution is -2.41. The summed E-state index contributed by atoms with van der Waals surface area (Å²) in [6.07, 6.45) is 5.45. The van der Waals surface area contributed by atoms with Crippen molar-refractivity contribution in [3.63, 3.8) is 0 Å². The second kappa shape index (κ2) is 2.08. The summed E-state index contributed by atoms with van der Waals surface area (Å²) in [5.41, 5.74) is -0.771. The first-order chi connectivity index (χ1) is 5.11. The van der Waals surface area contributed by atoms with Gasteiger partial charge in [0.15, 0.2) is 0 Å². The van der Waals surface area contributed by atoms with Gasteiger partial charge in [0.1, 0.15) is 0 Å². The Kier molecular flexibility index (Phi) is 1.38. The summed E-state index contributed by atoms with van der Waals surface area (Å²) in [6, 6.07) is 0. The summed E-state index contributed by atoms with van der Waals surface area (Å²) in [5.74, 6) is 0.373. The van der Waals surface area contributed by atoms with Crippen molar-refractivity contribution in [2.24, 2.45) is 11.8 Å². The third-order valence-corrected chi connectivity index (χ3v) is 3.09. The molecule has 2 bridgehead atoms. The molecule has 0 amide bonds. The predicted molar refractivity (Wildman–Crippen MR) is 42.0 cm³/mol. The van der Waals surface area contributed by atoms with Gasteiger partial charge in [0, 0.05) is 11.8 Å². The SMILES string of the molecule is C[C@@]1(O)C=C[C@@H]2CC[C@@H]1[C@@H]2O. The van der Waals surface area contributed by atoms with Crippen LogP contribution in [0.2, 0.25) is 0 Å². The van der Waals surface area contributed by atoms with E-state index >= 15 is 0 Å². The molecule has 2 heteroatoms. The van der Waals surface area contributed by atoms with Crippen LogP contribution in [0.15, 0.2) is 12.2 Å². The lowest BCUT2D eigenvalue weighted by molar-refractivity contribution is -0.0266. The summed E-state index contributed by atoms with van der Waals surface area (Å²) in [7, 11) is 0. The number of hydrogen-bond acceptors (Lipinski definition) is 2. The van der Waals surface area contributed by atoms with Gasteiger partial charge in [-0.3, -0.25) is 0 Å². The third-order valence-electron chi connectivity index (χ3n) is 3.09. The molecule has 0 radical (unpaired) electrons. The maximum atomic E-state index is 9.78. The Morgan fingerprint density at radius 2 is 2.18 bits per heavy atom. The number of aliphatic hydroxyl groups excluding tert-OH is 1. The monoisotopic (exact) mass is 154 g/mol. The molecule has 0 aromatic heterocycles. The quantitative estimate of drug-likeness (QED) is 0.504. The zero-order chi connectivity index (χ0) is 8.06. The van der Waals surface area contributed by atoms with Gasteiger partial charge in [0.05, 0.1) is 11.7 Å². The molecule has 0 heterocycles. The number of fused-ring (bicyclic) bond motifs is 2. The van der Waals surface area contributed by atoms with E-state index in [2.05, 4.69) is 0 Å². The van der Waals surface area contributed by atoms with Crippen molar-refractivity contribution < 1.29 is 10.2 Å². The molecular formula is C9H14O2. The van der Waals surface area contributed by atoms with Crippen LogP contribution in [0.5, 0.6) is 0 Å². The molecule has 1 fully saturated rings. The minimum absolute atomic E-state index is 0.0671. The number of hydrogen-bond donors (Lipinski definition) is 2. The molecule has 2 N–H and O–H groups in total. The van der Waals surface area contributed by atoms with Crippen LogP contribution in [0.3, 0.4) is 0 Å². The van der Waals surface area contributed by atoms with E-state index in [0.717, 1.165) is 12.8 Å². The average Bonchev–Trinajstić information content (AvgIpc) is 2.18. The van der Waals surface area contributed by atoms with Gasteiger partial charge < -0.3 is 10.2 Å². The highest BCUT2D eigenvalue weighted by molar-refractivity contribution is 5.16. The normalized spacial score (nSPS) is 55.0. The van der Waals surface area contributed by atoms with Crippen LogP contribution in [0, 0.1) is 11.8 Å². The highest BCUT2D eigenvalue weighted by atomic mass is 16.3. The zero-order valence-corrected chi connectivity index (χ0v) is 6.70. The van der Waals surface area contributed by atoms with Crippen LogP contribution in [0.4, 0.5) is 0 Å². The first-order valence-corrected chi connectivity index (χ1v) is 4.21. The van der Waals surface area contributed by atoms with Crippen LogP contribution < -0.4 is 0 Å². The van der Waals surface area contributed by atoms with Crippen LogP contribution in [-0.4, -0.2) is 21.9 Å². The van der Waals surface area contributed by atoms with Crippen LogP contribution in [0.25, 0.3) is 0 Å². The second-order valence-electron chi connectivity index (χ2n) is 3.92. The molecule has 2 nitrogen and oxygen atoms in total. The van der Waals surface area contributed by atoms with Gasteiger partial charge in [-0.25, -0.2) is 0 Å². The van der Waals surface area contributed by atoms with Crippen LogP contribution >= 0.6 is 0 Å². The average molecular weight is 154 g/mol. The first kappa shape index (κ1) is 7.32. The van der Waals surface area contributed by atoms with Crippen molar-refractivity contribution in [2.45, 2.75) is 31.5 Å². The van der Waals surface area contributed by atoms with Gasteiger partial charge >= 0.3 is 0 Å². The molecule has 2 rings (SSSR count). The molecule has 4 atom stereocenters. The van der Waals surface area contributed by atoms with Crippen molar-refractivity contribution in [3.8, 4) is 0 Å². The van der Waals surface area contributed by atoms with Gasteiger partial charge in [-0.15, -0.1) is 0 Å². The van der Waals surface area contributed by atoms with E-state index in [9.17, 15) is 10.2 Å². The lowest BCUT2D eigenvalue weighted by atomic mass is 9.80. The molecule has 0 aromatic rings. The first-order valence-electron chi connectivity index (χ1n) is 4.21. The van der Waals surface area contributed by atoms with Crippen molar-refractivity contribution >= 4 is 0 Å². The van der Waals surface area contributed by atoms with E-state index in [1.165, 1.54) is 0 Å². The molecule has 11 heavy (non-hydrogen) atoms. The molecule has 0 spiro atoms. The van der Waals surface area contributed by atoms with Gasteiger partial charge in [-0.05, 0) is 19.8 Å². The molecule has 0 saturated heterocycles. The van der Waals surface area contributed by atoms with E-state index in [-0.39, 0.29) is 12.0 Å². The highest BCUT2D eigenvalue weighted by Gasteiger charge is 2.45. The Morgan fingerprint density at radius 1 is 1.45 bits per heavy atom. The second-order valence-corrected chi connectivity index (χ2v) is 3.92. The minimum Gasteiger partial charge on any atom is -0.392 e. The number of rotatable bonds is 0. The van der Waals surface area contributed by atoms with E-state index in [1.54, 1.807) is 6.92 Å². The molecule has 2 aliphatic rings. The van der Waals surface area contributed by atoms with Crippen molar-refractivity contribution in [2.75, 3.05) is 0 Å². The Balaban J connectivity index is 2.33. The molecule has 1 saturated carbocycles. The molecule has 0 unspecified atom stereocenters. The molecule has 0 aliphatic heterocycles. The highest BCUT2D eigenvalue weighted by Crippen LogP contribution is 2.43. The summed E-state index contributed by atoms with van der Waals surface area (Å²) in [6.45, 7) is 1.78. The summed E-state index contributed by atoms with van der Waals surface area (Å²) >= 11 is 0. The van der Waals surface area contributed by atoms with Crippen molar-refractivity contribution in [1.82, 2.24) is 0 Å². The van der Waals surface area contributed by atoms with Crippen molar-refractivity contribution in [3.05, 3.63) is 12.2 Å². The Bertz CT molecular complexity index is 196. The smallest absolute Gasteiger partial charge is 0.0852 e. The summed E-state index contributed by atoms with van der Waals surface area (Å²) in [4.78, 5) is 0. The van der Waals surface area contributed by atoms with E-state index < -0.39 is 5.60 Å². The maximum Gasteiger partial charge on any atom is 0.0852 e. The fraction of sp³-hybridized carbons (Fsp3) is 0.778. The lowest BCUT2D eigenvalue weighted by Gasteiger charge is -2.33. The largest absolute Gasteiger partial charge is 0.392 e. The van der Waals surface area contributed by atoms with E-state index in [4.69, 9.17) is 0 Å². The molecule has 2 aliphatic carbocycles. The third kappa shape index (κ3) is 0.932. The van der Waals surface area contributed by atoms with Gasteiger partial charge in [0.2, 0.25) is 0 Å².